The molecule has 6 nitrogen and oxygen atoms in total. The predicted molar refractivity (Wildman–Crippen MR) is 320 cm³/mol. The summed E-state index contributed by atoms with van der Waals surface area (Å²) in [7, 11) is 0. The molecule has 2 unspecified atom stereocenters. The quantitative estimate of drug-likeness (QED) is 0.0320. The minimum atomic E-state index is -0.844. The molecular formula is C67H129NO5. The second-order valence-corrected chi connectivity index (χ2v) is 22.8. The topological polar surface area (TPSA) is 95.9 Å². The van der Waals surface area contributed by atoms with Crippen molar-refractivity contribution in [3.8, 4) is 0 Å². The van der Waals surface area contributed by atoms with Crippen molar-refractivity contribution in [3.63, 3.8) is 0 Å². The van der Waals surface area contributed by atoms with Gasteiger partial charge in [-0.2, -0.15) is 0 Å². The third kappa shape index (κ3) is 59.4. The summed E-state index contributed by atoms with van der Waals surface area (Å²) in [5.41, 5.74) is 0. The molecule has 0 aromatic carbocycles. The minimum Gasteiger partial charge on any atom is -0.466 e. The van der Waals surface area contributed by atoms with E-state index in [-0.39, 0.29) is 18.5 Å². The van der Waals surface area contributed by atoms with E-state index in [1.165, 1.54) is 295 Å². The molecule has 6 heteroatoms. The highest BCUT2D eigenvalue weighted by atomic mass is 16.5. The van der Waals surface area contributed by atoms with Gasteiger partial charge in [-0.3, -0.25) is 9.59 Å². The Balaban J connectivity index is 3.38. The summed E-state index contributed by atoms with van der Waals surface area (Å²) in [5, 5.41) is 23.2. The van der Waals surface area contributed by atoms with E-state index < -0.39 is 12.1 Å². The summed E-state index contributed by atoms with van der Waals surface area (Å²) in [4.78, 5) is 24.6. The highest BCUT2D eigenvalue weighted by Crippen LogP contribution is 2.18. The Labute approximate surface area is 456 Å². The van der Waals surface area contributed by atoms with Crippen LogP contribution in [0, 0.1) is 0 Å². The summed E-state index contributed by atoms with van der Waals surface area (Å²) >= 11 is 0. The van der Waals surface area contributed by atoms with Crippen molar-refractivity contribution in [1.82, 2.24) is 5.32 Å². The van der Waals surface area contributed by atoms with Crippen LogP contribution in [0.3, 0.4) is 0 Å². The number of amides is 1. The van der Waals surface area contributed by atoms with E-state index in [1.807, 2.05) is 6.08 Å². The van der Waals surface area contributed by atoms with Gasteiger partial charge in [-0.05, 0) is 57.8 Å². The molecule has 0 aromatic rings. The number of ether oxygens (including phenoxy) is 1. The van der Waals surface area contributed by atoms with Crippen LogP contribution in [0.1, 0.15) is 367 Å². The van der Waals surface area contributed by atoms with Crippen molar-refractivity contribution in [2.24, 2.45) is 0 Å². The van der Waals surface area contributed by atoms with Gasteiger partial charge in [0.25, 0.3) is 0 Å². The van der Waals surface area contributed by atoms with Gasteiger partial charge in [-0.25, -0.2) is 0 Å². The fourth-order valence-electron chi connectivity index (χ4n) is 10.4. The first kappa shape index (κ1) is 71.3. The lowest BCUT2D eigenvalue weighted by Crippen LogP contribution is -2.45. The molecule has 0 spiro atoms. The van der Waals surface area contributed by atoms with Gasteiger partial charge in [0.05, 0.1) is 25.4 Å². The Kier molecular flexibility index (Phi) is 61.4. The maximum Gasteiger partial charge on any atom is 0.305 e. The molecule has 0 fully saturated rings. The van der Waals surface area contributed by atoms with Crippen molar-refractivity contribution >= 4 is 11.9 Å². The molecule has 0 radical (unpaired) electrons. The number of aliphatic hydroxyl groups excluding tert-OH is 2. The molecule has 0 bridgehead atoms. The average Bonchev–Trinajstić information content (AvgIpc) is 3.39. The fourth-order valence-corrected chi connectivity index (χ4v) is 10.4. The van der Waals surface area contributed by atoms with Crippen LogP contribution in [0.15, 0.2) is 24.3 Å². The van der Waals surface area contributed by atoms with E-state index in [2.05, 4.69) is 31.3 Å². The summed E-state index contributed by atoms with van der Waals surface area (Å²) in [6.45, 7) is 4.92. The van der Waals surface area contributed by atoms with Crippen molar-refractivity contribution in [2.75, 3.05) is 13.2 Å². The molecule has 0 aliphatic carbocycles. The van der Waals surface area contributed by atoms with Gasteiger partial charge in [0.2, 0.25) is 5.91 Å². The van der Waals surface area contributed by atoms with Crippen LogP contribution in [-0.2, 0) is 14.3 Å². The molecule has 0 saturated heterocycles. The molecular weight excluding hydrogens is 899 g/mol. The second kappa shape index (κ2) is 62.9. The third-order valence-electron chi connectivity index (χ3n) is 15.5. The second-order valence-electron chi connectivity index (χ2n) is 22.8. The number of carbonyl (C=O) groups is 2. The molecule has 0 heterocycles. The van der Waals surface area contributed by atoms with Crippen LogP contribution in [0.5, 0.6) is 0 Å². The van der Waals surface area contributed by atoms with Crippen molar-refractivity contribution in [3.05, 3.63) is 24.3 Å². The van der Waals surface area contributed by atoms with Gasteiger partial charge >= 0.3 is 5.97 Å². The Morgan fingerprint density at radius 1 is 0.370 bits per heavy atom. The van der Waals surface area contributed by atoms with Crippen LogP contribution in [0.2, 0.25) is 0 Å². The van der Waals surface area contributed by atoms with Crippen LogP contribution < -0.4 is 5.32 Å². The summed E-state index contributed by atoms with van der Waals surface area (Å²) in [5.74, 6) is -0.0539. The van der Waals surface area contributed by atoms with Crippen LogP contribution in [0.25, 0.3) is 0 Å². The van der Waals surface area contributed by atoms with Crippen molar-refractivity contribution in [2.45, 2.75) is 379 Å². The Morgan fingerprint density at radius 2 is 0.644 bits per heavy atom. The highest BCUT2D eigenvalue weighted by molar-refractivity contribution is 5.76. The largest absolute Gasteiger partial charge is 0.466 e. The number of hydrogen-bond acceptors (Lipinski definition) is 5. The standard InChI is InChI=1S/C67H129NO5/c1-3-5-7-9-11-13-15-17-19-28-33-37-41-45-49-53-57-61-67(72)73-62-58-54-50-46-42-38-34-30-27-25-23-21-22-24-26-29-32-36-40-44-48-52-56-60-66(71)68-64(63-69)65(70)59-55-51-47-43-39-35-31-20-18-16-14-12-10-8-6-4-2/h17,19,55,59,64-65,69-70H,3-16,18,20-54,56-58,60-63H2,1-2H3,(H,68,71)/b19-17-,59-55+. The molecule has 432 valence electrons. The van der Waals surface area contributed by atoms with Gasteiger partial charge in [0.1, 0.15) is 0 Å². The first-order valence-electron chi connectivity index (χ1n) is 33.1. The molecule has 0 aliphatic rings. The lowest BCUT2D eigenvalue weighted by atomic mass is 10.0. The SMILES string of the molecule is CCCCCCCC/C=C\CCCCCCCCCC(=O)OCCCCCCCCCCCCCCCCCCCCCCCCCC(=O)NC(CO)C(O)/C=C/CCCCCCCCCCCCCCCC. The molecule has 1 amide bonds. The van der Waals surface area contributed by atoms with Crippen LogP contribution in [0.4, 0.5) is 0 Å². The van der Waals surface area contributed by atoms with E-state index >= 15 is 0 Å². The highest BCUT2D eigenvalue weighted by Gasteiger charge is 2.18. The van der Waals surface area contributed by atoms with E-state index in [1.54, 1.807) is 6.08 Å². The van der Waals surface area contributed by atoms with Crippen LogP contribution >= 0.6 is 0 Å². The first-order valence-corrected chi connectivity index (χ1v) is 33.1. The average molecular weight is 1030 g/mol. The molecule has 2 atom stereocenters. The summed E-state index contributed by atoms with van der Waals surface area (Å²) in [6, 6.07) is -0.627. The van der Waals surface area contributed by atoms with Gasteiger partial charge in [0.15, 0.2) is 0 Å². The number of esters is 1. The van der Waals surface area contributed by atoms with Crippen molar-refractivity contribution < 1.29 is 24.5 Å². The smallest absolute Gasteiger partial charge is 0.305 e. The third-order valence-corrected chi connectivity index (χ3v) is 15.5. The maximum atomic E-state index is 12.5. The molecule has 0 saturated carbocycles. The fraction of sp³-hybridized carbons (Fsp3) is 0.910. The van der Waals surface area contributed by atoms with Gasteiger partial charge in [0, 0.05) is 12.8 Å². The Morgan fingerprint density at radius 3 is 0.973 bits per heavy atom. The van der Waals surface area contributed by atoms with Gasteiger partial charge < -0.3 is 20.3 Å². The normalized spacial score (nSPS) is 12.7. The lowest BCUT2D eigenvalue weighted by molar-refractivity contribution is -0.143. The lowest BCUT2D eigenvalue weighted by Gasteiger charge is -2.20. The Hall–Kier alpha value is -1.66. The van der Waals surface area contributed by atoms with E-state index in [4.69, 9.17) is 4.74 Å². The maximum absolute atomic E-state index is 12.5. The van der Waals surface area contributed by atoms with E-state index in [0.29, 0.717) is 19.4 Å². The molecule has 73 heavy (non-hydrogen) atoms. The number of hydrogen-bond donors (Lipinski definition) is 3. The van der Waals surface area contributed by atoms with E-state index in [0.717, 1.165) is 44.9 Å². The molecule has 0 rings (SSSR count). The number of allylic oxidation sites excluding steroid dienone is 3. The number of carbonyl (C=O) groups excluding carboxylic acids is 2. The molecule has 0 aromatic heterocycles. The van der Waals surface area contributed by atoms with E-state index in [9.17, 15) is 19.8 Å². The number of aliphatic hydroxyl groups is 2. The first-order chi connectivity index (χ1) is 36.0. The molecule has 3 N–H and O–H groups in total. The number of unbranched alkanes of at least 4 members (excludes halogenated alkanes) is 49. The number of rotatable bonds is 62. The number of nitrogens with one attached hydrogen (secondary N) is 1. The van der Waals surface area contributed by atoms with Gasteiger partial charge in [-0.15, -0.1) is 0 Å². The zero-order chi connectivity index (χ0) is 52.9. The molecule has 0 aliphatic heterocycles. The Bertz CT molecular complexity index is 1140. The zero-order valence-electron chi connectivity index (χ0n) is 49.4. The minimum absolute atomic E-state index is 0.0111. The zero-order valence-corrected chi connectivity index (χ0v) is 49.4. The summed E-state index contributed by atoms with van der Waals surface area (Å²) < 4.78 is 5.50. The van der Waals surface area contributed by atoms with Crippen molar-refractivity contribution in [1.29, 1.82) is 0 Å². The van der Waals surface area contributed by atoms with Gasteiger partial charge in [-0.1, -0.05) is 321 Å². The predicted octanol–water partition coefficient (Wildman–Crippen LogP) is 21.0. The monoisotopic (exact) mass is 1030 g/mol. The van der Waals surface area contributed by atoms with Crippen LogP contribution in [-0.4, -0.2) is 47.4 Å². The summed E-state index contributed by atoms with van der Waals surface area (Å²) in [6.07, 6.45) is 78.0.